The van der Waals surface area contributed by atoms with Crippen LogP contribution in [0.2, 0.25) is 0 Å². The number of hydrogen-bond acceptors (Lipinski definition) is 5. The molecular formula is C10H14N2O4. The van der Waals surface area contributed by atoms with Gasteiger partial charge in [-0.3, -0.25) is 5.01 Å². The highest BCUT2D eigenvalue weighted by atomic mass is 16.5. The van der Waals surface area contributed by atoms with E-state index in [9.17, 15) is 10.0 Å². The van der Waals surface area contributed by atoms with Crippen LogP contribution in [0.3, 0.4) is 0 Å². The van der Waals surface area contributed by atoms with Crippen LogP contribution in [0, 0.1) is 4.91 Å². The molecule has 0 aliphatic carbocycles. The van der Waals surface area contributed by atoms with Crippen LogP contribution in [0.1, 0.15) is 11.7 Å². The molecule has 1 aromatic carbocycles. The standard InChI is InChI=1S/C10H14N2O4/c1-12(11-15)6-10(16-2)7-3-4-8(13)9(14)5-7/h3-5,10,13-14H,6H2,1-2H3. The number of benzene rings is 1. The van der Waals surface area contributed by atoms with Crippen LogP contribution >= 0.6 is 0 Å². The van der Waals surface area contributed by atoms with E-state index in [1.165, 1.54) is 31.3 Å². The Morgan fingerprint density at radius 2 is 2.12 bits per heavy atom. The predicted molar refractivity (Wildman–Crippen MR) is 57.9 cm³/mol. The van der Waals surface area contributed by atoms with Gasteiger partial charge < -0.3 is 14.9 Å². The van der Waals surface area contributed by atoms with E-state index in [4.69, 9.17) is 9.84 Å². The summed E-state index contributed by atoms with van der Waals surface area (Å²) < 4.78 is 5.17. The molecule has 0 saturated heterocycles. The van der Waals surface area contributed by atoms with Crippen molar-refractivity contribution in [3.8, 4) is 11.5 Å². The van der Waals surface area contributed by atoms with E-state index < -0.39 is 6.10 Å². The highest BCUT2D eigenvalue weighted by Crippen LogP contribution is 2.29. The average molecular weight is 226 g/mol. The lowest BCUT2D eigenvalue weighted by Gasteiger charge is -2.19. The Morgan fingerprint density at radius 1 is 1.44 bits per heavy atom. The molecule has 0 saturated carbocycles. The second-order valence-electron chi connectivity index (χ2n) is 3.39. The molecular weight excluding hydrogens is 212 g/mol. The van der Waals surface area contributed by atoms with Crippen molar-refractivity contribution in [3.05, 3.63) is 28.7 Å². The van der Waals surface area contributed by atoms with E-state index in [1.807, 2.05) is 0 Å². The molecule has 1 unspecified atom stereocenters. The van der Waals surface area contributed by atoms with Crippen molar-refractivity contribution in [2.24, 2.45) is 5.29 Å². The normalized spacial score (nSPS) is 12.1. The third-order valence-corrected chi connectivity index (χ3v) is 2.23. The molecule has 0 aliphatic heterocycles. The Kier molecular flexibility index (Phi) is 4.07. The van der Waals surface area contributed by atoms with Gasteiger partial charge in [-0.15, -0.1) is 4.91 Å². The summed E-state index contributed by atoms with van der Waals surface area (Å²) in [5.41, 5.74) is 0.660. The van der Waals surface area contributed by atoms with E-state index >= 15 is 0 Å². The molecule has 2 N–H and O–H groups in total. The molecule has 16 heavy (non-hydrogen) atoms. The SMILES string of the molecule is COC(CN(C)N=O)c1ccc(O)c(O)c1. The van der Waals surface area contributed by atoms with Crippen molar-refractivity contribution in [1.29, 1.82) is 0 Å². The molecule has 0 heterocycles. The lowest BCUT2D eigenvalue weighted by Crippen LogP contribution is -2.20. The smallest absolute Gasteiger partial charge is 0.157 e. The molecule has 0 fully saturated rings. The summed E-state index contributed by atoms with van der Waals surface area (Å²) >= 11 is 0. The fraction of sp³-hybridized carbons (Fsp3) is 0.400. The number of nitroso groups, excluding NO2 is 1. The molecule has 6 heteroatoms. The van der Waals surface area contributed by atoms with Gasteiger partial charge in [0.2, 0.25) is 0 Å². The van der Waals surface area contributed by atoms with Crippen molar-refractivity contribution >= 4 is 0 Å². The number of aromatic hydroxyl groups is 2. The Balaban J connectivity index is 2.86. The van der Waals surface area contributed by atoms with E-state index in [1.54, 1.807) is 6.07 Å². The molecule has 6 nitrogen and oxygen atoms in total. The van der Waals surface area contributed by atoms with Crippen LogP contribution < -0.4 is 0 Å². The number of likely N-dealkylation sites (N-methyl/N-ethyl adjacent to an activating group) is 1. The molecule has 88 valence electrons. The quantitative estimate of drug-likeness (QED) is 0.450. The average Bonchev–Trinajstić information content (AvgIpc) is 2.29. The van der Waals surface area contributed by atoms with Gasteiger partial charge in [-0.25, -0.2) is 0 Å². The van der Waals surface area contributed by atoms with Crippen molar-refractivity contribution in [2.75, 3.05) is 20.7 Å². The minimum absolute atomic E-state index is 0.194. The van der Waals surface area contributed by atoms with E-state index in [-0.39, 0.29) is 18.0 Å². The fourth-order valence-electron chi connectivity index (χ4n) is 1.33. The molecule has 0 bridgehead atoms. The first kappa shape index (κ1) is 12.3. The largest absolute Gasteiger partial charge is 0.504 e. The van der Waals surface area contributed by atoms with Gasteiger partial charge in [0.05, 0.1) is 11.8 Å². The molecule has 0 spiro atoms. The van der Waals surface area contributed by atoms with Crippen LogP contribution in [0.25, 0.3) is 0 Å². The summed E-state index contributed by atoms with van der Waals surface area (Å²) in [6.45, 7) is 0.268. The third kappa shape index (κ3) is 2.83. The summed E-state index contributed by atoms with van der Waals surface area (Å²) in [5.74, 6) is -0.415. The third-order valence-electron chi connectivity index (χ3n) is 2.23. The number of rotatable bonds is 5. The lowest BCUT2D eigenvalue weighted by molar-refractivity contribution is 0.0718. The monoisotopic (exact) mass is 226 g/mol. The topological polar surface area (TPSA) is 82.4 Å². The van der Waals surface area contributed by atoms with Gasteiger partial charge in [-0.05, 0) is 17.7 Å². The van der Waals surface area contributed by atoms with E-state index in [2.05, 4.69) is 5.29 Å². The minimum atomic E-state index is -0.394. The molecule has 0 aliphatic rings. The minimum Gasteiger partial charge on any atom is -0.504 e. The predicted octanol–water partition coefficient (Wildman–Crippen LogP) is 1.40. The first-order chi connectivity index (χ1) is 7.58. The molecule has 1 atom stereocenters. The lowest BCUT2D eigenvalue weighted by atomic mass is 10.1. The summed E-state index contributed by atoms with van der Waals surface area (Å²) in [5, 5.41) is 22.4. The van der Waals surface area contributed by atoms with Crippen LogP contribution in [0.4, 0.5) is 0 Å². The first-order valence-electron chi connectivity index (χ1n) is 4.67. The van der Waals surface area contributed by atoms with Crippen LogP contribution in [-0.2, 0) is 4.74 Å². The van der Waals surface area contributed by atoms with Gasteiger partial charge in [0.1, 0.15) is 6.10 Å². The second kappa shape index (κ2) is 5.32. The number of ether oxygens (including phenoxy) is 1. The van der Waals surface area contributed by atoms with Gasteiger partial charge >= 0.3 is 0 Å². The van der Waals surface area contributed by atoms with E-state index in [0.717, 1.165) is 0 Å². The summed E-state index contributed by atoms with van der Waals surface area (Å²) in [6, 6.07) is 4.37. The fourth-order valence-corrected chi connectivity index (χ4v) is 1.33. The van der Waals surface area contributed by atoms with E-state index in [0.29, 0.717) is 5.56 Å². The summed E-state index contributed by atoms with van der Waals surface area (Å²) in [4.78, 5) is 10.2. The Hall–Kier alpha value is -1.82. The van der Waals surface area contributed by atoms with Crippen LogP contribution in [0.15, 0.2) is 23.5 Å². The van der Waals surface area contributed by atoms with Crippen molar-refractivity contribution in [1.82, 2.24) is 5.01 Å². The van der Waals surface area contributed by atoms with Gasteiger partial charge in [-0.1, -0.05) is 6.07 Å². The maximum absolute atomic E-state index is 10.2. The maximum atomic E-state index is 10.2. The number of hydrogen-bond donors (Lipinski definition) is 2. The number of methoxy groups -OCH3 is 1. The zero-order valence-corrected chi connectivity index (χ0v) is 9.12. The first-order valence-corrected chi connectivity index (χ1v) is 4.67. The number of nitrogens with zero attached hydrogens (tertiary/aromatic N) is 2. The van der Waals surface area contributed by atoms with Gasteiger partial charge in [0.25, 0.3) is 0 Å². The van der Waals surface area contributed by atoms with Crippen molar-refractivity contribution in [2.45, 2.75) is 6.10 Å². The Morgan fingerprint density at radius 3 is 2.62 bits per heavy atom. The zero-order valence-electron chi connectivity index (χ0n) is 9.12. The van der Waals surface area contributed by atoms with Crippen molar-refractivity contribution in [3.63, 3.8) is 0 Å². The van der Waals surface area contributed by atoms with Crippen LogP contribution in [-0.4, -0.2) is 35.9 Å². The second-order valence-corrected chi connectivity index (χ2v) is 3.39. The molecule has 0 aromatic heterocycles. The molecule has 1 rings (SSSR count). The Bertz CT molecular complexity index is 370. The Labute approximate surface area is 93.0 Å². The zero-order chi connectivity index (χ0) is 12.1. The molecule has 1 aromatic rings. The van der Waals surface area contributed by atoms with Gasteiger partial charge in [0, 0.05) is 14.2 Å². The summed E-state index contributed by atoms with van der Waals surface area (Å²) in [7, 11) is 3.02. The molecule has 0 radical (unpaired) electrons. The number of phenolic OH excluding ortho intramolecular Hbond substituents is 2. The summed E-state index contributed by atoms with van der Waals surface area (Å²) in [6.07, 6.45) is -0.394. The highest BCUT2D eigenvalue weighted by Gasteiger charge is 2.14. The number of phenols is 2. The van der Waals surface area contributed by atoms with Gasteiger partial charge in [0.15, 0.2) is 11.5 Å². The van der Waals surface area contributed by atoms with Crippen molar-refractivity contribution < 1.29 is 14.9 Å². The molecule has 0 amide bonds. The van der Waals surface area contributed by atoms with Gasteiger partial charge in [-0.2, -0.15) is 0 Å². The maximum Gasteiger partial charge on any atom is 0.157 e. The van der Waals surface area contributed by atoms with Crippen LogP contribution in [0.5, 0.6) is 11.5 Å². The highest BCUT2D eigenvalue weighted by molar-refractivity contribution is 5.41.